The molecule has 0 spiro atoms. The molecule has 110 valence electrons. The summed E-state index contributed by atoms with van der Waals surface area (Å²) in [6, 6.07) is 0.536. The van der Waals surface area contributed by atoms with E-state index in [4.69, 9.17) is 11.6 Å². The molecule has 8 heteroatoms. The Hall–Kier alpha value is -1.76. The van der Waals surface area contributed by atoms with Crippen LogP contribution in [-0.2, 0) is 0 Å². The number of nitrogens with one attached hydrogen (secondary N) is 1. The first-order valence-corrected chi connectivity index (χ1v) is 6.31. The van der Waals surface area contributed by atoms with Gasteiger partial charge in [0.25, 0.3) is 11.6 Å². The second-order valence-electron chi connectivity index (χ2n) is 4.43. The molecule has 0 saturated carbocycles. The molecule has 1 aromatic carbocycles. The summed E-state index contributed by atoms with van der Waals surface area (Å²) in [5.41, 5.74) is -1.31. The minimum absolute atomic E-state index is 0.0787. The van der Waals surface area contributed by atoms with Gasteiger partial charge < -0.3 is 5.32 Å². The van der Waals surface area contributed by atoms with E-state index >= 15 is 0 Å². The van der Waals surface area contributed by atoms with Crippen molar-refractivity contribution in [2.45, 2.75) is 19.9 Å². The van der Waals surface area contributed by atoms with Gasteiger partial charge in [-0.2, -0.15) is 0 Å². The van der Waals surface area contributed by atoms with Gasteiger partial charge in [-0.1, -0.05) is 6.92 Å². The minimum atomic E-state index is -1.38. The molecule has 0 bridgehead atoms. The third kappa shape index (κ3) is 3.63. The predicted octanol–water partition coefficient (Wildman–Crippen LogP) is 2.87. The summed E-state index contributed by atoms with van der Waals surface area (Å²) in [5.74, 6) is -3.35. The Morgan fingerprint density at radius 3 is 2.45 bits per heavy atom. The summed E-state index contributed by atoms with van der Waals surface area (Å²) in [7, 11) is 0. The van der Waals surface area contributed by atoms with Crippen LogP contribution in [0, 0.1) is 27.7 Å². The topological polar surface area (TPSA) is 72.2 Å². The summed E-state index contributed by atoms with van der Waals surface area (Å²) in [5, 5.41) is 13.3. The average molecular weight is 307 g/mol. The fourth-order valence-corrected chi connectivity index (χ4v) is 1.70. The molecular formula is C12H13ClF2N2O3. The molecule has 0 aromatic heterocycles. The van der Waals surface area contributed by atoms with E-state index in [-0.39, 0.29) is 17.8 Å². The number of amides is 1. The van der Waals surface area contributed by atoms with E-state index in [1.165, 1.54) is 0 Å². The molecule has 1 amide bonds. The maximum atomic E-state index is 13.1. The maximum absolute atomic E-state index is 13.1. The van der Waals surface area contributed by atoms with Crippen molar-refractivity contribution in [2.24, 2.45) is 5.92 Å². The van der Waals surface area contributed by atoms with E-state index in [1.54, 1.807) is 13.8 Å². The van der Waals surface area contributed by atoms with Crippen LogP contribution in [0.25, 0.3) is 0 Å². The van der Waals surface area contributed by atoms with Crippen molar-refractivity contribution in [3.63, 3.8) is 0 Å². The molecule has 0 aliphatic carbocycles. The zero-order valence-electron chi connectivity index (χ0n) is 10.8. The van der Waals surface area contributed by atoms with Crippen LogP contribution in [0.4, 0.5) is 14.5 Å². The van der Waals surface area contributed by atoms with Crippen molar-refractivity contribution in [3.8, 4) is 0 Å². The van der Waals surface area contributed by atoms with E-state index in [9.17, 15) is 23.7 Å². The van der Waals surface area contributed by atoms with E-state index < -0.39 is 33.7 Å². The molecule has 0 saturated heterocycles. The van der Waals surface area contributed by atoms with Gasteiger partial charge in [0.05, 0.1) is 11.0 Å². The van der Waals surface area contributed by atoms with Crippen LogP contribution in [0.15, 0.2) is 12.1 Å². The van der Waals surface area contributed by atoms with Gasteiger partial charge >= 0.3 is 0 Å². The van der Waals surface area contributed by atoms with Crippen molar-refractivity contribution >= 4 is 23.2 Å². The highest BCUT2D eigenvalue weighted by Gasteiger charge is 2.25. The Balaban J connectivity index is 3.09. The lowest BCUT2D eigenvalue weighted by atomic mass is 10.1. The van der Waals surface area contributed by atoms with Crippen molar-refractivity contribution in [2.75, 3.05) is 5.88 Å². The number of carbonyl (C=O) groups is 1. The number of benzene rings is 1. The van der Waals surface area contributed by atoms with Crippen LogP contribution in [0.1, 0.15) is 24.2 Å². The minimum Gasteiger partial charge on any atom is -0.349 e. The molecule has 0 radical (unpaired) electrons. The van der Waals surface area contributed by atoms with Crippen LogP contribution in [0.5, 0.6) is 0 Å². The van der Waals surface area contributed by atoms with Crippen LogP contribution < -0.4 is 5.32 Å². The van der Waals surface area contributed by atoms with Crippen molar-refractivity contribution < 1.29 is 18.5 Å². The summed E-state index contributed by atoms with van der Waals surface area (Å²) >= 11 is 5.63. The number of hydrogen-bond acceptors (Lipinski definition) is 3. The highest BCUT2D eigenvalue weighted by molar-refractivity contribution is 6.18. The monoisotopic (exact) mass is 306 g/mol. The lowest BCUT2D eigenvalue weighted by molar-refractivity contribution is -0.385. The SMILES string of the molecule is CC(CCl)C(C)NC(=O)c1cc(F)c(F)cc1[N+](=O)[O-]. The Morgan fingerprint density at radius 1 is 1.40 bits per heavy atom. The van der Waals surface area contributed by atoms with Gasteiger partial charge in [0.2, 0.25) is 0 Å². The molecule has 1 N–H and O–H groups in total. The van der Waals surface area contributed by atoms with E-state index in [1.807, 2.05) is 0 Å². The molecule has 20 heavy (non-hydrogen) atoms. The lowest BCUT2D eigenvalue weighted by Gasteiger charge is -2.19. The van der Waals surface area contributed by atoms with Crippen molar-refractivity contribution in [3.05, 3.63) is 39.4 Å². The Bertz CT molecular complexity index is 540. The van der Waals surface area contributed by atoms with Crippen LogP contribution in [0.3, 0.4) is 0 Å². The predicted molar refractivity (Wildman–Crippen MR) is 69.8 cm³/mol. The number of rotatable bonds is 5. The molecule has 5 nitrogen and oxygen atoms in total. The Labute approximate surface area is 119 Å². The van der Waals surface area contributed by atoms with E-state index in [0.717, 1.165) is 0 Å². The molecule has 1 aromatic rings. The van der Waals surface area contributed by atoms with E-state index in [0.29, 0.717) is 12.1 Å². The number of nitro benzene ring substituents is 1. The Kier molecular flexibility index (Phi) is 5.38. The highest BCUT2D eigenvalue weighted by atomic mass is 35.5. The van der Waals surface area contributed by atoms with Gasteiger partial charge in [-0.3, -0.25) is 14.9 Å². The molecule has 0 fully saturated rings. The van der Waals surface area contributed by atoms with Crippen molar-refractivity contribution in [1.29, 1.82) is 0 Å². The number of hydrogen-bond donors (Lipinski definition) is 1. The first kappa shape index (κ1) is 16.3. The molecule has 1 rings (SSSR count). The van der Waals surface area contributed by atoms with Gasteiger partial charge in [0, 0.05) is 11.9 Å². The fourth-order valence-electron chi connectivity index (χ4n) is 1.43. The highest BCUT2D eigenvalue weighted by Crippen LogP contribution is 2.22. The number of alkyl halides is 1. The molecule has 0 aliphatic rings. The third-order valence-electron chi connectivity index (χ3n) is 2.94. The molecule has 2 atom stereocenters. The zero-order valence-corrected chi connectivity index (χ0v) is 11.6. The smallest absolute Gasteiger partial charge is 0.285 e. The van der Waals surface area contributed by atoms with Crippen LogP contribution in [0.2, 0.25) is 0 Å². The fraction of sp³-hybridized carbons (Fsp3) is 0.417. The lowest BCUT2D eigenvalue weighted by Crippen LogP contribution is -2.38. The van der Waals surface area contributed by atoms with Gasteiger partial charge in [-0.15, -0.1) is 11.6 Å². The van der Waals surface area contributed by atoms with Crippen LogP contribution in [-0.4, -0.2) is 22.8 Å². The van der Waals surface area contributed by atoms with E-state index in [2.05, 4.69) is 5.32 Å². The number of nitrogens with zero attached hydrogens (tertiary/aromatic N) is 1. The molecule has 2 unspecified atom stereocenters. The Morgan fingerprint density at radius 2 is 1.95 bits per heavy atom. The molecular weight excluding hydrogens is 294 g/mol. The van der Waals surface area contributed by atoms with Crippen LogP contribution >= 0.6 is 11.6 Å². The van der Waals surface area contributed by atoms with Gasteiger partial charge in [-0.05, 0) is 18.9 Å². The maximum Gasteiger partial charge on any atom is 0.285 e. The first-order chi connectivity index (χ1) is 9.27. The summed E-state index contributed by atoms with van der Waals surface area (Å²) in [4.78, 5) is 21.8. The summed E-state index contributed by atoms with van der Waals surface area (Å²) < 4.78 is 26.1. The third-order valence-corrected chi connectivity index (χ3v) is 3.42. The second-order valence-corrected chi connectivity index (χ2v) is 4.74. The molecule has 0 aliphatic heterocycles. The summed E-state index contributed by atoms with van der Waals surface area (Å²) in [6.45, 7) is 3.44. The largest absolute Gasteiger partial charge is 0.349 e. The number of halogens is 3. The summed E-state index contributed by atoms with van der Waals surface area (Å²) in [6.07, 6.45) is 0. The second kappa shape index (κ2) is 6.60. The van der Waals surface area contributed by atoms with Gasteiger partial charge in [0.15, 0.2) is 11.6 Å². The number of nitro groups is 1. The quantitative estimate of drug-likeness (QED) is 0.516. The average Bonchev–Trinajstić information content (AvgIpc) is 2.39. The number of carbonyl (C=O) groups excluding carboxylic acids is 1. The normalized spacial score (nSPS) is 13.7. The van der Waals surface area contributed by atoms with Gasteiger partial charge in [-0.25, -0.2) is 8.78 Å². The molecule has 0 heterocycles. The first-order valence-electron chi connectivity index (χ1n) is 5.78. The van der Waals surface area contributed by atoms with Gasteiger partial charge in [0.1, 0.15) is 5.56 Å². The standard InChI is InChI=1S/C12H13ClF2N2O3/c1-6(5-13)7(2)16-12(18)8-3-9(14)10(15)4-11(8)17(19)20/h3-4,6-7H,5H2,1-2H3,(H,16,18). The zero-order chi connectivity index (χ0) is 15.4. The van der Waals surface area contributed by atoms with Crippen molar-refractivity contribution in [1.82, 2.24) is 5.32 Å².